The van der Waals surface area contributed by atoms with Crippen molar-refractivity contribution in [3.05, 3.63) is 33.9 Å². The minimum Gasteiger partial charge on any atom is -0.502 e. The molecule has 7 heteroatoms. The summed E-state index contributed by atoms with van der Waals surface area (Å²) in [4.78, 5) is 11.9. The first-order valence-corrected chi connectivity index (χ1v) is 5.49. The monoisotopic (exact) mass is 255 g/mol. The van der Waals surface area contributed by atoms with Gasteiger partial charge in [-0.05, 0) is 18.7 Å². The quantitative estimate of drug-likeness (QED) is 0.495. The normalized spacial score (nSPS) is 12.7. The highest BCUT2D eigenvalue weighted by Gasteiger charge is 2.20. The Labute approximate surface area is 105 Å². The Kier molecular flexibility index (Phi) is 5.02. The van der Waals surface area contributed by atoms with Gasteiger partial charge in [-0.3, -0.25) is 15.0 Å². The highest BCUT2D eigenvalue weighted by Crippen LogP contribution is 2.30. The summed E-state index contributed by atoms with van der Waals surface area (Å²) in [6, 6.07) is 3.94. The standard InChI is InChI=1S/C11H17N3O4/c1-13(4-5-15)10(7-12)8-2-3-11(16)9(6-8)14(17)18/h2-3,6,10,15-16H,4-5,7,12H2,1H3. The predicted octanol–water partition coefficient (Wildman–Crippen LogP) is 0.224. The molecule has 0 fully saturated rings. The zero-order chi connectivity index (χ0) is 13.7. The lowest BCUT2D eigenvalue weighted by atomic mass is 10.0. The van der Waals surface area contributed by atoms with E-state index in [-0.39, 0.29) is 30.6 Å². The molecule has 4 N–H and O–H groups in total. The average molecular weight is 255 g/mol. The van der Waals surface area contributed by atoms with Crippen LogP contribution in [0.25, 0.3) is 0 Å². The van der Waals surface area contributed by atoms with Crippen molar-refractivity contribution in [2.75, 3.05) is 26.7 Å². The van der Waals surface area contributed by atoms with Gasteiger partial charge in [-0.2, -0.15) is 0 Å². The predicted molar refractivity (Wildman–Crippen MR) is 66.3 cm³/mol. The molecule has 0 aromatic heterocycles. The van der Waals surface area contributed by atoms with Gasteiger partial charge in [0.1, 0.15) is 0 Å². The number of likely N-dealkylation sites (N-methyl/N-ethyl adjacent to an activating group) is 1. The molecule has 18 heavy (non-hydrogen) atoms. The fourth-order valence-electron chi connectivity index (χ4n) is 1.78. The van der Waals surface area contributed by atoms with Crippen LogP contribution in [0.4, 0.5) is 5.69 Å². The number of aliphatic hydroxyl groups is 1. The molecular weight excluding hydrogens is 238 g/mol. The number of hydrogen-bond acceptors (Lipinski definition) is 6. The lowest BCUT2D eigenvalue weighted by Crippen LogP contribution is -2.32. The van der Waals surface area contributed by atoms with Gasteiger partial charge in [0.2, 0.25) is 0 Å². The molecule has 1 rings (SSSR count). The van der Waals surface area contributed by atoms with E-state index in [1.165, 1.54) is 12.1 Å². The molecule has 7 nitrogen and oxygen atoms in total. The van der Waals surface area contributed by atoms with Crippen molar-refractivity contribution in [2.45, 2.75) is 6.04 Å². The molecule has 0 bridgehead atoms. The first kappa shape index (κ1) is 14.4. The van der Waals surface area contributed by atoms with Crippen LogP contribution in [0, 0.1) is 10.1 Å². The Hall–Kier alpha value is -1.70. The van der Waals surface area contributed by atoms with Crippen molar-refractivity contribution in [1.82, 2.24) is 4.90 Å². The Morgan fingerprint density at radius 1 is 1.56 bits per heavy atom. The number of aromatic hydroxyl groups is 1. The lowest BCUT2D eigenvalue weighted by molar-refractivity contribution is -0.386. The SMILES string of the molecule is CN(CCO)C(CN)c1ccc(O)c([N+](=O)[O-])c1. The summed E-state index contributed by atoms with van der Waals surface area (Å²) >= 11 is 0. The van der Waals surface area contributed by atoms with Gasteiger partial charge >= 0.3 is 5.69 Å². The molecule has 0 spiro atoms. The van der Waals surface area contributed by atoms with E-state index < -0.39 is 4.92 Å². The Morgan fingerprint density at radius 2 is 2.22 bits per heavy atom. The van der Waals surface area contributed by atoms with Gasteiger partial charge in [-0.1, -0.05) is 6.07 Å². The van der Waals surface area contributed by atoms with Crippen LogP contribution in [0.1, 0.15) is 11.6 Å². The van der Waals surface area contributed by atoms with Crippen molar-refractivity contribution in [3.63, 3.8) is 0 Å². The minimum atomic E-state index is -0.640. The molecule has 0 aliphatic heterocycles. The second-order valence-corrected chi connectivity index (χ2v) is 3.96. The second kappa shape index (κ2) is 6.29. The molecule has 0 aliphatic carbocycles. The zero-order valence-corrected chi connectivity index (χ0v) is 10.1. The number of hydrogen-bond donors (Lipinski definition) is 3. The third-order valence-electron chi connectivity index (χ3n) is 2.79. The average Bonchev–Trinajstić information content (AvgIpc) is 2.32. The van der Waals surface area contributed by atoms with Gasteiger partial charge in [-0.25, -0.2) is 0 Å². The number of phenolic OH excluding ortho intramolecular Hbond substituents is 1. The van der Waals surface area contributed by atoms with E-state index in [0.29, 0.717) is 12.1 Å². The molecule has 100 valence electrons. The molecule has 0 aliphatic rings. The largest absolute Gasteiger partial charge is 0.502 e. The van der Waals surface area contributed by atoms with E-state index in [2.05, 4.69) is 0 Å². The molecule has 1 unspecified atom stereocenters. The summed E-state index contributed by atoms with van der Waals surface area (Å²) in [6.07, 6.45) is 0. The van der Waals surface area contributed by atoms with Crippen molar-refractivity contribution in [1.29, 1.82) is 0 Å². The third kappa shape index (κ3) is 3.16. The van der Waals surface area contributed by atoms with Crippen LogP contribution < -0.4 is 5.73 Å². The Balaban J connectivity index is 3.07. The maximum absolute atomic E-state index is 10.7. The van der Waals surface area contributed by atoms with E-state index in [4.69, 9.17) is 10.8 Å². The van der Waals surface area contributed by atoms with Gasteiger partial charge < -0.3 is 15.9 Å². The first-order chi connectivity index (χ1) is 8.51. The van der Waals surface area contributed by atoms with Crippen molar-refractivity contribution in [3.8, 4) is 5.75 Å². The zero-order valence-electron chi connectivity index (χ0n) is 10.1. The fraction of sp³-hybridized carbons (Fsp3) is 0.455. The van der Waals surface area contributed by atoms with E-state index >= 15 is 0 Å². The van der Waals surface area contributed by atoms with E-state index in [0.717, 1.165) is 0 Å². The number of nitrogens with zero attached hydrogens (tertiary/aromatic N) is 2. The molecule has 1 aromatic carbocycles. The fourth-order valence-corrected chi connectivity index (χ4v) is 1.78. The number of nitro groups is 1. The topological polar surface area (TPSA) is 113 Å². The van der Waals surface area contributed by atoms with Gasteiger partial charge in [0, 0.05) is 25.2 Å². The van der Waals surface area contributed by atoms with E-state index in [1.807, 2.05) is 0 Å². The number of benzene rings is 1. The van der Waals surface area contributed by atoms with E-state index in [1.54, 1.807) is 18.0 Å². The summed E-state index contributed by atoms with van der Waals surface area (Å²) in [5.41, 5.74) is 5.94. The summed E-state index contributed by atoms with van der Waals surface area (Å²) in [5.74, 6) is -0.371. The summed E-state index contributed by atoms with van der Waals surface area (Å²) in [5, 5.41) is 29.0. The summed E-state index contributed by atoms with van der Waals surface area (Å²) < 4.78 is 0. The van der Waals surface area contributed by atoms with Crippen LogP contribution in [-0.2, 0) is 0 Å². The molecule has 0 saturated carbocycles. The minimum absolute atomic E-state index is 0.0207. The highest BCUT2D eigenvalue weighted by atomic mass is 16.6. The van der Waals surface area contributed by atoms with Crippen molar-refractivity contribution >= 4 is 5.69 Å². The van der Waals surface area contributed by atoms with Crippen molar-refractivity contribution in [2.24, 2.45) is 5.73 Å². The maximum atomic E-state index is 10.7. The number of nitrogens with two attached hydrogens (primary N) is 1. The first-order valence-electron chi connectivity index (χ1n) is 5.49. The van der Waals surface area contributed by atoms with Crippen LogP contribution in [0.2, 0.25) is 0 Å². The van der Waals surface area contributed by atoms with E-state index in [9.17, 15) is 15.2 Å². The third-order valence-corrected chi connectivity index (χ3v) is 2.79. The molecule has 0 saturated heterocycles. The second-order valence-electron chi connectivity index (χ2n) is 3.96. The van der Waals surface area contributed by atoms with Gasteiger partial charge in [0.05, 0.1) is 11.5 Å². The van der Waals surface area contributed by atoms with Gasteiger partial charge in [0.15, 0.2) is 5.75 Å². The maximum Gasteiger partial charge on any atom is 0.311 e. The van der Waals surface area contributed by atoms with Crippen LogP contribution in [-0.4, -0.2) is 46.8 Å². The van der Waals surface area contributed by atoms with Crippen LogP contribution in [0.15, 0.2) is 18.2 Å². The molecule has 1 aromatic rings. The number of nitro benzene ring substituents is 1. The molecular formula is C11H17N3O4. The number of aliphatic hydroxyl groups excluding tert-OH is 1. The van der Waals surface area contributed by atoms with Crippen LogP contribution >= 0.6 is 0 Å². The molecule has 0 heterocycles. The van der Waals surface area contributed by atoms with Crippen LogP contribution in [0.3, 0.4) is 0 Å². The Morgan fingerprint density at radius 3 is 2.72 bits per heavy atom. The summed E-state index contributed by atoms with van der Waals surface area (Å²) in [7, 11) is 1.77. The Bertz CT molecular complexity index is 425. The summed E-state index contributed by atoms with van der Waals surface area (Å²) in [6.45, 7) is 0.655. The molecule has 1 atom stereocenters. The van der Waals surface area contributed by atoms with Crippen LogP contribution in [0.5, 0.6) is 5.75 Å². The van der Waals surface area contributed by atoms with Gasteiger partial charge in [0.25, 0.3) is 0 Å². The van der Waals surface area contributed by atoms with Gasteiger partial charge in [-0.15, -0.1) is 0 Å². The molecule has 0 radical (unpaired) electrons. The molecule has 0 amide bonds. The van der Waals surface area contributed by atoms with Crippen molar-refractivity contribution < 1.29 is 15.1 Å². The number of phenols is 1. The highest BCUT2D eigenvalue weighted by molar-refractivity contribution is 5.48. The lowest BCUT2D eigenvalue weighted by Gasteiger charge is -2.26. The smallest absolute Gasteiger partial charge is 0.311 e. The number of rotatable bonds is 6.